The van der Waals surface area contributed by atoms with Gasteiger partial charge in [0.15, 0.2) is 11.6 Å². The molecule has 0 radical (unpaired) electrons. The number of rotatable bonds is 10. The lowest BCUT2D eigenvalue weighted by Crippen LogP contribution is -3.12. The van der Waals surface area contributed by atoms with E-state index < -0.39 is 0 Å². The number of nitrogens with zero attached hydrogens (tertiary/aromatic N) is 6. The molecule has 0 spiro atoms. The van der Waals surface area contributed by atoms with E-state index in [4.69, 9.17) is 19.0 Å². The van der Waals surface area contributed by atoms with Crippen LogP contribution < -0.4 is 0 Å². The third-order valence-corrected chi connectivity index (χ3v) is 14.4. The third-order valence-electron chi connectivity index (χ3n) is 14.4. The molecule has 0 unspecified atom stereocenters. The third kappa shape index (κ3) is 3.55. The minimum atomic E-state index is -0.241. The number of amides is 2. The minimum Gasteiger partial charge on any atom is -0.337 e. The summed E-state index contributed by atoms with van der Waals surface area (Å²) in [7, 11) is 0. The highest BCUT2D eigenvalue weighted by atomic mass is 16.5. The quantitative estimate of drug-likeness (QED) is 0.215. The predicted molar refractivity (Wildman–Crippen MR) is 179 cm³/mol. The van der Waals surface area contributed by atoms with Crippen molar-refractivity contribution in [1.82, 2.24) is 30.1 Å². The number of piperidine rings is 2. The van der Waals surface area contributed by atoms with Crippen LogP contribution in [0.1, 0.15) is 85.2 Å². The molecular formula is C40H42N6O4. The van der Waals surface area contributed by atoms with Gasteiger partial charge in [-0.15, -0.1) is 0 Å². The average Bonchev–Trinajstić information content (AvgIpc) is 3.87. The lowest BCUT2D eigenvalue weighted by atomic mass is 8.92. The number of likely N-dealkylation sites (tertiary alicyclic amines) is 2. The molecular weight excluding hydrogens is 628 g/mol. The molecule has 2 aromatic heterocycles. The van der Waals surface area contributed by atoms with Crippen LogP contribution in [0.3, 0.4) is 0 Å². The Morgan fingerprint density at radius 1 is 0.580 bits per heavy atom. The molecule has 2 aliphatic heterocycles. The van der Waals surface area contributed by atoms with Crippen molar-refractivity contribution in [2.45, 2.75) is 76.3 Å². The fourth-order valence-electron chi connectivity index (χ4n) is 12.6. The highest BCUT2D eigenvalue weighted by Gasteiger charge is 3.13. The van der Waals surface area contributed by atoms with Gasteiger partial charge in [0.1, 0.15) is 12.1 Å². The van der Waals surface area contributed by atoms with Gasteiger partial charge in [0.25, 0.3) is 0 Å². The molecule has 6 saturated carbocycles. The van der Waals surface area contributed by atoms with E-state index in [0.717, 1.165) is 64.5 Å². The van der Waals surface area contributed by atoms with Gasteiger partial charge in [-0.1, -0.05) is 71.0 Å². The van der Waals surface area contributed by atoms with Crippen LogP contribution in [0.4, 0.5) is 0 Å². The van der Waals surface area contributed by atoms with Crippen molar-refractivity contribution in [3.8, 4) is 0 Å². The number of benzene rings is 2. The molecule has 0 N–H and O–H groups in total. The van der Waals surface area contributed by atoms with Crippen molar-refractivity contribution in [3.05, 3.63) is 95.2 Å². The van der Waals surface area contributed by atoms with Crippen LogP contribution in [0.2, 0.25) is 0 Å². The molecule has 10 heteroatoms. The summed E-state index contributed by atoms with van der Waals surface area (Å²) in [6, 6.07) is 20.4. The molecule has 8 aliphatic rings. The maximum atomic E-state index is 14.6. The highest BCUT2D eigenvalue weighted by Crippen LogP contribution is 3.10. The van der Waals surface area contributed by atoms with Crippen LogP contribution in [0.5, 0.6) is 0 Å². The van der Waals surface area contributed by atoms with E-state index in [1.165, 1.54) is 11.1 Å². The van der Waals surface area contributed by atoms with Crippen molar-refractivity contribution < 1.29 is 18.6 Å². The highest BCUT2D eigenvalue weighted by molar-refractivity contribution is 6.00. The second-order valence-corrected chi connectivity index (χ2v) is 16.1. The summed E-state index contributed by atoms with van der Waals surface area (Å²) in [4.78, 5) is 42.9. The minimum absolute atomic E-state index is 0.147. The summed E-state index contributed by atoms with van der Waals surface area (Å²) >= 11 is 0. The standard InChI is InChI=1S/C40H42N6O4/c47-37(45-21-9-7-15-25(45)35-41-27(43-49-35)19-17-23-11-3-1-4-12-23)39-29-32-30(39)34-31(39)33(29)40(32,34)38(48)46-22-10-8-16-26(46)36-42-28(44-50-36)20-18-24-13-5-2-6-14-24/h1-6,11-14,25-26,29-34H,7-10,15-22H2/t25-,26-,29?,30?,31?,32?,33?,34?,39?,40?/m0/s1. The van der Waals surface area contributed by atoms with Crippen LogP contribution in [0.15, 0.2) is 69.7 Å². The Morgan fingerprint density at radius 2 is 0.980 bits per heavy atom. The lowest BCUT2D eigenvalue weighted by molar-refractivity contribution is -0.626. The van der Waals surface area contributed by atoms with E-state index in [1.807, 2.05) is 36.4 Å². The molecule has 50 heavy (non-hydrogen) atoms. The van der Waals surface area contributed by atoms with Gasteiger partial charge in [-0.2, -0.15) is 9.97 Å². The molecule has 2 atom stereocenters. The smallest absolute Gasteiger partial charge is 0.249 e. The van der Waals surface area contributed by atoms with Crippen molar-refractivity contribution in [3.63, 3.8) is 0 Å². The topological polar surface area (TPSA) is 118 Å². The molecule has 6 aliphatic carbocycles. The fraction of sp³-hybridized carbons (Fsp3) is 0.550. The molecule has 4 aromatic rings. The number of carbonyl (C=O) groups is 2. The summed E-state index contributed by atoms with van der Waals surface area (Å²) in [6.45, 7) is 1.49. The first-order valence-electron chi connectivity index (χ1n) is 19.0. The summed E-state index contributed by atoms with van der Waals surface area (Å²) < 4.78 is 11.7. The second-order valence-electron chi connectivity index (χ2n) is 16.1. The summed E-state index contributed by atoms with van der Waals surface area (Å²) in [6.07, 6.45) is 8.98. The Labute approximate surface area is 291 Å². The maximum absolute atomic E-state index is 14.6. The number of hydrogen-bond acceptors (Lipinski definition) is 8. The first-order valence-corrected chi connectivity index (χ1v) is 19.0. The zero-order valence-electron chi connectivity index (χ0n) is 28.2. The Morgan fingerprint density at radius 3 is 1.38 bits per heavy atom. The lowest BCUT2D eigenvalue weighted by Gasteiger charge is -3.10. The van der Waals surface area contributed by atoms with Crippen molar-refractivity contribution in [1.29, 1.82) is 0 Å². The van der Waals surface area contributed by atoms with E-state index in [9.17, 15) is 9.59 Å². The monoisotopic (exact) mass is 670 g/mol. The zero-order valence-corrected chi connectivity index (χ0v) is 28.2. The molecule has 2 amide bonds. The van der Waals surface area contributed by atoms with Gasteiger partial charge in [0.2, 0.25) is 23.6 Å². The Balaban J connectivity index is 0.772. The number of aryl methyl sites for hydroxylation is 4. The Bertz CT molecular complexity index is 1780. The first-order chi connectivity index (χ1) is 24.6. The second kappa shape index (κ2) is 10.6. The van der Waals surface area contributed by atoms with E-state index in [0.29, 0.717) is 83.6 Å². The maximum Gasteiger partial charge on any atom is 0.249 e. The van der Waals surface area contributed by atoms with Gasteiger partial charge in [0.05, 0.1) is 10.8 Å². The van der Waals surface area contributed by atoms with Gasteiger partial charge >= 0.3 is 0 Å². The van der Waals surface area contributed by atoms with Crippen molar-refractivity contribution in [2.75, 3.05) is 13.1 Å². The molecule has 4 heterocycles. The number of carbonyl (C=O) groups excluding carboxylic acids is 2. The molecule has 12 rings (SSSR count). The van der Waals surface area contributed by atoms with Crippen LogP contribution in [-0.4, -0.2) is 55.0 Å². The Kier molecular flexibility index (Phi) is 6.23. The van der Waals surface area contributed by atoms with Crippen LogP contribution in [0, 0.1) is 46.3 Å². The van der Waals surface area contributed by atoms with Crippen LogP contribution in [-0.2, 0) is 35.3 Å². The van der Waals surface area contributed by atoms with Gasteiger partial charge in [-0.3, -0.25) is 9.59 Å². The zero-order chi connectivity index (χ0) is 33.2. The average molecular weight is 671 g/mol. The number of aromatic nitrogens is 4. The number of hydrogen-bond donors (Lipinski definition) is 0. The molecule has 0 bridgehead atoms. The largest absolute Gasteiger partial charge is 0.337 e. The summed E-state index contributed by atoms with van der Waals surface area (Å²) in [5.74, 6) is 5.38. The van der Waals surface area contributed by atoms with Gasteiger partial charge < -0.3 is 18.8 Å². The van der Waals surface area contributed by atoms with E-state index in [1.54, 1.807) is 0 Å². The first kappa shape index (κ1) is 29.4. The van der Waals surface area contributed by atoms with Crippen molar-refractivity contribution in [2.24, 2.45) is 46.3 Å². The summed E-state index contributed by atoms with van der Waals surface area (Å²) in [5.41, 5.74) is 2.02. The molecule has 10 nitrogen and oxygen atoms in total. The van der Waals surface area contributed by atoms with Crippen LogP contribution in [0.25, 0.3) is 0 Å². The van der Waals surface area contributed by atoms with E-state index >= 15 is 0 Å². The normalized spacial score (nSPS) is 36.7. The fourth-order valence-corrected chi connectivity index (χ4v) is 12.6. The summed E-state index contributed by atoms with van der Waals surface area (Å²) in [5, 5.41) is 8.63. The molecule has 8 fully saturated rings. The molecule has 2 aromatic carbocycles. The van der Waals surface area contributed by atoms with E-state index in [2.05, 4.69) is 44.4 Å². The van der Waals surface area contributed by atoms with Crippen LogP contribution >= 0.6 is 0 Å². The van der Waals surface area contributed by atoms with Gasteiger partial charge in [-0.05, 0) is 98.0 Å². The van der Waals surface area contributed by atoms with E-state index in [-0.39, 0.29) is 22.9 Å². The van der Waals surface area contributed by atoms with Crippen molar-refractivity contribution >= 4 is 11.8 Å². The Hall–Kier alpha value is -4.34. The molecule has 256 valence electrons. The van der Waals surface area contributed by atoms with Gasteiger partial charge in [0, 0.05) is 25.9 Å². The SMILES string of the molecule is O=C(N1CCCC[C@H]1c1nc(CCc2ccccc2)no1)C12C3C4C1C1C2C3C41C(=O)N1CCCC[C@H]1c1nc(CCc2ccccc2)no1. The van der Waals surface area contributed by atoms with Gasteiger partial charge in [-0.25, -0.2) is 0 Å². The predicted octanol–water partition coefficient (Wildman–Crippen LogP) is 5.57. The molecule has 2 saturated heterocycles.